The van der Waals surface area contributed by atoms with Crippen LogP contribution in [0.1, 0.15) is 16.1 Å². The molecule has 0 aliphatic carbocycles. The molecule has 0 atom stereocenters. The molecule has 0 radical (unpaired) electrons. The summed E-state index contributed by atoms with van der Waals surface area (Å²) < 4.78 is 5.68. The first-order chi connectivity index (χ1) is 9.10. The number of hydrogen-bond acceptors (Lipinski definition) is 4. The van der Waals surface area contributed by atoms with Crippen molar-refractivity contribution in [3.63, 3.8) is 0 Å². The topological polar surface area (TPSA) is 52.1 Å². The number of ether oxygens (including phenoxy) is 1. The molecular weight excluding hydrogens is 332 g/mol. The minimum Gasteiger partial charge on any atom is -0.481 e. The molecule has 0 saturated carbocycles. The van der Waals surface area contributed by atoms with Crippen molar-refractivity contribution >= 4 is 33.3 Å². The van der Waals surface area contributed by atoms with Crippen LogP contribution in [0.3, 0.4) is 0 Å². The maximum absolute atomic E-state index is 12.1. The van der Waals surface area contributed by atoms with Gasteiger partial charge in [0.2, 0.25) is 5.88 Å². The molecular formula is C13H10BrClN2O2. The van der Waals surface area contributed by atoms with Gasteiger partial charge in [-0.05, 0) is 34.1 Å². The van der Waals surface area contributed by atoms with Gasteiger partial charge in [-0.15, -0.1) is 0 Å². The molecule has 2 aromatic rings. The van der Waals surface area contributed by atoms with E-state index in [9.17, 15) is 4.79 Å². The highest BCUT2D eigenvalue weighted by atomic mass is 79.9. The molecule has 0 saturated heterocycles. The minimum atomic E-state index is -0.0434. The fourth-order valence-electron chi connectivity index (χ4n) is 1.52. The fourth-order valence-corrected chi connectivity index (χ4v) is 2.02. The third kappa shape index (κ3) is 3.52. The number of Topliss-reactive ketones (excluding diaryl/α,β-unsaturated/α-hetero) is 1. The molecule has 0 unspecified atom stereocenters. The second-order valence-electron chi connectivity index (χ2n) is 3.78. The Labute approximate surface area is 123 Å². The summed E-state index contributed by atoms with van der Waals surface area (Å²) in [7, 11) is 1.52. The summed E-state index contributed by atoms with van der Waals surface area (Å²) in [5.74, 6) is 0.396. The van der Waals surface area contributed by atoms with Gasteiger partial charge in [0.15, 0.2) is 5.78 Å². The summed E-state index contributed by atoms with van der Waals surface area (Å²) in [5.41, 5.74) is 1.19. The summed E-state index contributed by atoms with van der Waals surface area (Å²) in [6.45, 7) is 0. The smallest absolute Gasteiger partial charge is 0.216 e. The monoisotopic (exact) mass is 340 g/mol. The number of carbonyl (C=O) groups is 1. The summed E-state index contributed by atoms with van der Waals surface area (Å²) in [6.07, 6.45) is 1.56. The molecule has 1 aromatic heterocycles. The van der Waals surface area contributed by atoms with Crippen molar-refractivity contribution in [1.82, 2.24) is 9.97 Å². The van der Waals surface area contributed by atoms with Gasteiger partial charge in [-0.3, -0.25) is 4.79 Å². The number of carbonyl (C=O) groups excluding carboxylic acids is 1. The van der Waals surface area contributed by atoms with Crippen LogP contribution in [-0.2, 0) is 6.42 Å². The highest BCUT2D eigenvalue weighted by Crippen LogP contribution is 2.23. The normalized spacial score (nSPS) is 10.3. The quantitative estimate of drug-likeness (QED) is 0.801. The average Bonchev–Trinajstić information content (AvgIpc) is 2.42. The van der Waals surface area contributed by atoms with E-state index in [1.165, 1.54) is 13.4 Å². The molecule has 0 N–H and O–H groups in total. The molecule has 0 aliphatic rings. The van der Waals surface area contributed by atoms with Crippen LogP contribution in [0, 0.1) is 0 Å². The van der Waals surface area contributed by atoms with Crippen LogP contribution >= 0.6 is 27.5 Å². The maximum Gasteiger partial charge on any atom is 0.216 e. The first-order valence-corrected chi connectivity index (χ1v) is 6.60. The van der Waals surface area contributed by atoms with E-state index in [0.29, 0.717) is 26.6 Å². The van der Waals surface area contributed by atoms with Crippen LogP contribution in [-0.4, -0.2) is 22.9 Å². The Morgan fingerprint density at radius 2 is 2.16 bits per heavy atom. The molecule has 19 heavy (non-hydrogen) atoms. The number of nitrogens with zero attached hydrogens (tertiary/aromatic N) is 2. The van der Waals surface area contributed by atoms with Gasteiger partial charge in [-0.2, -0.15) is 0 Å². The van der Waals surface area contributed by atoms with Crippen molar-refractivity contribution in [1.29, 1.82) is 0 Å². The van der Waals surface area contributed by atoms with E-state index in [1.54, 1.807) is 24.3 Å². The predicted molar refractivity (Wildman–Crippen MR) is 75.8 cm³/mol. The van der Waals surface area contributed by atoms with Gasteiger partial charge in [-0.25, -0.2) is 9.97 Å². The predicted octanol–water partition coefficient (Wildman–Crippen LogP) is 3.33. The van der Waals surface area contributed by atoms with Gasteiger partial charge in [0.25, 0.3) is 0 Å². The molecule has 4 nitrogen and oxygen atoms in total. The number of ketones is 1. The molecule has 0 amide bonds. The summed E-state index contributed by atoms with van der Waals surface area (Å²) in [5, 5.41) is 0.570. The van der Waals surface area contributed by atoms with Gasteiger partial charge in [-0.1, -0.05) is 11.6 Å². The molecule has 98 valence electrons. The van der Waals surface area contributed by atoms with E-state index in [2.05, 4.69) is 25.9 Å². The third-order valence-electron chi connectivity index (χ3n) is 2.49. The standard InChI is InChI=1S/C13H10BrClN2O2/c1-19-13-6-9(16-7-17-13)5-12(18)8-2-3-11(15)10(14)4-8/h2-4,6-7H,5H2,1H3. The Bertz CT molecular complexity index is 619. The Balaban J connectivity index is 2.18. The van der Waals surface area contributed by atoms with Gasteiger partial charge < -0.3 is 4.74 Å². The highest BCUT2D eigenvalue weighted by Gasteiger charge is 2.10. The largest absolute Gasteiger partial charge is 0.481 e. The zero-order chi connectivity index (χ0) is 13.8. The lowest BCUT2D eigenvalue weighted by molar-refractivity contribution is 0.0992. The highest BCUT2D eigenvalue weighted by molar-refractivity contribution is 9.10. The van der Waals surface area contributed by atoms with Gasteiger partial charge in [0.1, 0.15) is 6.33 Å². The van der Waals surface area contributed by atoms with Crippen molar-refractivity contribution in [3.05, 3.63) is 51.3 Å². The minimum absolute atomic E-state index is 0.0434. The number of aromatic nitrogens is 2. The van der Waals surface area contributed by atoms with E-state index in [0.717, 1.165) is 0 Å². The SMILES string of the molecule is COc1cc(CC(=O)c2ccc(Cl)c(Br)c2)ncn1. The van der Waals surface area contributed by atoms with Gasteiger partial charge >= 0.3 is 0 Å². The van der Waals surface area contributed by atoms with Crippen LogP contribution in [0.2, 0.25) is 5.02 Å². The lowest BCUT2D eigenvalue weighted by Crippen LogP contribution is -2.05. The van der Waals surface area contributed by atoms with E-state index in [-0.39, 0.29) is 12.2 Å². The number of methoxy groups -OCH3 is 1. The van der Waals surface area contributed by atoms with Crippen molar-refractivity contribution in [2.75, 3.05) is 7.11 Å². The van der Waals surface area contributed by atoms with Crippen molar-refractivity contribution in [3.8, 4) is 5.88 Å². The van der Waals surface area contributed by atoms with Crippen LogP contribution in [0.15, 0.2) is 35.1 Å². The Kier molecular flexibility index (Phi) is 4.50. The second kappa shape index (κ2) is 6.12. The maximum atomic E-state index is 12.1. The first-order valence-electron chi connectivity index (χ1n) is 5.43. The number of rotatable bonds is 4. The summed E-state index contributed by atoms with van der Waals surface area (Å²) in [6, 6.07) is 6.71. The zero-order valence-corrected chi connectivity index (χ0v) is 12.4. The molecule has 0 fully saturated rings. The van der Waals surface area contributed by atoms with Crippen LogP contribution in [0.25, 0.3) is 0 Å². The number of halogens is 2. The molecule has 1 aromatic carbocycles. The van der Waals surface area contributed by atoms with Crippen molar-refractivity contribution in [2.45, 2.75) is 6.42 Å². The van der Waals surface area contributed by atoms with Crippen LogP contribution in [0.4, 0.5) is 0 Å². The van der Waals surface area contributed by atoms with Crippen molar-refractivity contribution < 1.29 is 9.53 Å². The van der Waals surface area contributed by atoms with Gasteiger partial charge in [0, 0.05) is 16.1 Å². The van der Waals surface area contributed by atoms with E-state index in [4.69, 9.17) is 16.3 Å². The molecule has 6 heteroatoms. The fraction of sp³-hybridized carbons (Fsp3) is 0.154. The molecule has 1 heterocycles. The van der Waals surface area contributed by atoms with Crippen molar-refractivity contribution in [2.24, 2.45) is 0 Å². The van der Waals surface area contributed by atoms with Crippen LogP contribution < -0.4 is 4.74 Å². The number of benzene rings is 1. The van der Waals surface area contributed by atoms with E-state index < -0.39 is 0 Å². The summed E-state index contributed by atoms with van der Waals surface area (Å²) >= 11 is 9.18. The van der Waals surface area contributed by atoms with E-state index >= 15 is 0 Å². The van der Waals surface area contributed by atoms with Crippen LogP contribution in [0.5, 0.6) is 5.88 Å². The lowest BCUT2D eigenvalue weighted by atomic mass is 10.1. The average molecular weight is 342 g/mol. The number of hydrogen-bond donors (Lipinski definition) is 0. The van der Waals surface area contributed by atoms with E-state index in [1.807, 2.05) is 0 Å². The Morgan fingerprint density at radius 3 is 2.84 bits per heavy atom. The van der Waals surface area contributed by atoms with Gasteiger partial charge in [0.05, 0.1) is 24.2 Å². The lowest BCUT2D eigenvalue weighted by Gasteiger charge is -2.04. The Hall–Kier alpha value is -1.46. The Morgan fingerprint density at radius 1 is 1.37 bits per heavy atom. The third-order valence-corrected chi connectivity index (χ3v) is 3.70. The second-order valence-corrected chi connectivity index (χ2v) is 5.04. The molecule has 0 aliphatic heterocycles. The molecule has 0 bridgehead atoms. The summed E-state index contributed by atoms with van der Waals surface area (Å²) in [4.78, 5) is 20.0. The molecule has 0 spiro atoms. The zero-order valence-electron chi connectivity index (χ0n) is 10.1. The first kappa shape index (κ1) is 14.0. The molecule has 2 rings (SSSR count).